The topological polar surface area (TPSA) is 54.3 Å². The van der Waals surface area contributed by atoms with Gasteiger partial charge < -0.3 is 15.0 Å². The Morgan fingerprint density at radius 2 is 1.96 bits per heavy atom. The zero-order valence-electron chi connectivity index (χ0n) is 16.4. The SMILES string of the molecule is Cc1ccc(Cn2c(C)c(-c3ccsc3)c(CNC3CCC3)c2C(=O)O)cc1. The molecule has 0 radical (unpaired) electrons. The van der Waals surface area contributed by atoms with Gasteiger partial charge in [0.25, 0.3) is 0 Å². The van der Waals surface area contributed by atoms with Crippen molar-refractivity contribution in [1.82, 2.24) is 9.88 Å². The molecule has 1 saturated carbocycles. The number of aromatic nitrogens is 1. The molecule has 0 spiro atoms. The van der Waals surface area contributed by atoms with E-state index in [-0.39, 0.29) is 0 Å². The van der Waals surface area contributed by atoms with E-state index in [9.17, 15) is 9.90 Å². The Kier molecular flexibility index (Phi) is 5.38. The molecule has 4 nitrogen and oxygen atoms in total. The van der Waals surface area contributed by atoms with Crippen molar-refractivity contribution < 1.29 is 9.90 Å². The van der Waals surface area contributed by atoms with Crippen LogP contribution in [0, 0.1) is 13.8 Å². The number of hydrogen-bond donors (Lipinski definition) is 2. The highest BCUT2D eigenvalue weighted by atomic mass is 32.1. The van der Waals surface area contributed by atoms with Crippen LogP contribution in [0.5, 0.6) is 0 Å². The van der Waals surface area contributed by atoms with E-state index in [1.54, 1.807) is 11.3 Å². The first-order valence-corrected chi connectivity index (χ1v) is 10.8. The molecule has 2 heterocycles. The number of carbonyl (C=O) groups is 1. The van der Waals surface area contributed by atoms with Crippen molar-refractivity contribution in [1.29, 1.82) is 0 Å². The molecule has 0 unspecified atom stereocenters. The van der Waals surface area contributed by atoms with E-state index in [0.29, 0.717) is 24.8 Å². The van der Waals surface area contributed by atoms with Gasteiger partial charge >= 0.3 is 5.97 Å². The van der Waals surface area contributed by atoms with Crippen LogP contribution in [0.4, 0.5) is 0 Å². The average Bonchev–Trinajstić information content (AvgIpc) is 3.23. The van der Waals surface area contributed by atoms with Gasteiger partial charge in [0, 0.05) is 36.0 Å². The van der Waals surface area contributed by atoms with Crippen LogP contribution in [0.3, 0.4) is 0 Å². The monoisotopic (exact) mass is 394 g/mol. The van der Waals surface area contributed by atoms with Gasteiger partial charge in [0.2, 0.25) is 0 Å². The van der Waals surface area contributed by atoms with E-state index in [1.807, 2.05) is 11.5 Å². The van der Waals surface area contributed by atoms with Gasteiger partial charge in [-0.25, -0.2) is 4.79 Å². The molecule has 1 fully saturated rings. The summed E-state index contributed by atoms with van der Waals surface area (Å²) in [5, 5.41) is 17.8. The largest absolute Gasteiger partial charge is 0.477 e. The van der Waals surface area contributed by atoms with Crippen molar-refractivity contribution in [2.75, 3.05) is 0 Å². The molecule has 146 valence electrons. The lowest BCUT2D eigenvalue weighted by atomic mass is 9.92. The highest BCUT2D eigenvalue weighted by Crippen LogP contribution is 2.35. The number of aryl methyl sites for hydroxylation is 1. The Balaban J connectivity index is 1.79. The van der Waals surface area contributed by atoms with Gasteiger partial charge in [-0.15, -0.1) is 0 Å². The maximum Gasteiger partial charge on any atom is 0.352 e. The summed E-state index contributed by atoms with van der Waals surface area (Å²) >= 11 is 1.64. The minimum Gasteiger partial charge on any atom is -0.477 e. The van der Waals surface area contributed by atoms with Crippen molar-refractivity contribution in [2.45, 2.75) is 52.2 Å². The lowest BCUT2D eigenvalue weighted by molar-refractivity contribution is 0.0683. The van der Waals surface area contributed by atoms with E-state index < -0.39 is 5.97 Å². The normalized spacial score (nSPS) is 14.2. The third kappa shape index (κ3) is 3.64. The predicted octanol–water partition coefficient (Wildman–Crippen LogP) is 5.22. The van der Waals surface area contributed by atoms with Crippen molar-refractivity contribution in [2.24, 2.45) is 0 Å². The van der Waals surface area contributed by atoms with Gasteiger partial charge in [0.15, 0.2) is 0 Å². The number of thiophene rings is 1. The Morgan fingerprint density at radius 3 is 2.54 bits per heavy atom. The highest BCUT2D eigenvalue weighted by molar-refractivity contribution is 7.08. The van der Waals surface area contributed by atoms with Gasteiger partial charge in [-0.1, -0.05) is 36.2 Å². The Hall–Kier alpha value is -2.37. The van der Waals surface area contributed by atoms with E-state index in [1.165, 1.54) is 24.8 Å². The summed E-state index contributed by atoms with van der Waals surface area (Å²) in [5.41, 5.74) is 6.82. The van der Waals surface area contributed by atoms with Crippen LogP contribution >= 0.6 is 11.3 Å². The standard InChI is InChI=1S/C23H26N2O2S/c1-15-6-8-17(9-7-15)13-25-16(2)21(18-10-11-28-14-18)20(22(25)23(26)27)12-24-19-4-3-5-19/h6-11,14,19,24H,3-5,12-13H2,1-2H3,(H,26,27). The fourth-order valence-corrected chi connectivity index (χ4v) is 4.59. The van der Waals surface area contributed by atoms with Crippen LogP contribution in [-0.2, 0) is 13.1 Å². The van der Waals surface area contributed by atoms with E-state index >= 15 is 0 Å². The second-order valence-electron chi connectivity index (χ2n) is 7.69. The number of rotatable bonds is 7. The number of nitrogens with zero attached hydrogens (tertiary/aromatic N) is 1. The summed E-state index contributed by atoms with van der Waals surface area (Å²) in [7, 11) is 0. The zero-order valence-corrected chi connectivity index (χ0v) is 17.2. The average molecular weight is 395 g/mol. The summed E-state index contributed by atoms with van der Waals surface area (Å²) in [4.78, 5) is 12.3. The third-order valence-electron chi connectivity index (χ3n) is 5.77. The maximum atomic E-state index is 12.3. The van der Waals surface area contributed by atoms with Crippen LogP contribution in [0.2, 0.25) is 0 Å². The quantitative estimate of drug-likeness (QED) is 0.577. The molecule has 3 aromatic rings. The molecule has 2 aromatic heterocycles. The molecule has 1 aromatic carbocycles. The Labute approximate surface area is 169 Å². The van der Waals surface area contributed by atoms with Gasteiger partial charge in [-0.3, -0.25) is 0 Å². The fourth-order valence-electron chi connectivity index (χ4n) is 3.94. The lowest BCUT2D eigenvalue weighted by Gasteiger charge is -2.26. The molecular formula is C23H26N2O2S. The molecule has 0 atom stereocenters. The number of carboxylic acids is 1. The van der Waals surface area contributed by atoms with Crippen LogP contribution < -0.4 is 5.32 Å². The fraction of sp³-hybridized carbons (Fsp3) is 0.348. The Morgan fingerprint density at radius 1 is 1.21 bits per heavy atom. The second kappa shape index (κ2) is 7.94. The van der Waals surface area contributed by atoms with Crippen molar-refractivity contribution in [3.8, 4) is 11.1 Å². The van der Waals surface area contributed by atoms with E-state index in [2.05, 4.69) is 53.3 Å². The van der Waals surface area contributed by atoms with Gasteiger partial charge in [0.1, 0.15) is 5.69 Å². The molecule has 0 amide bonds. The lowest BCUT2D eigenvalue weighted by Crippen LogP contribution is -2.35. The number of aromatic carboxylic acids is 1. The molecule has 2 N–H and O–H groups in total. The molecule has 0 bridgehead atoms. The van der Waals surface area contributed by atoms with Gasteiger partial charge in [-0.2, -0.15) is 11.3 Å². The molecule has 0 aliphatic heterocycles. The number of carboxylic acid groups (broad SMARTS) is 1. The van der Waals surface area contributed by atoms with Crippen LogP contribution in [0.1, 0.15) is 52.1 Å². The van der Waals surface area contributed by atoms with Gasteiger partial charge in [0.05, 0.1) is 0 Å². The summed E-state index contributed by atoms with van der Waals surface area (Å²) in [5.74, 6) is -0.859. The van der Waals surface area contributed by atoms with Gasteiger partial charge in [-0.05, 0) is 54.6 Å². The molecule has 5 heteroatoms. The summed E-state index contributed by atoms with van der Waals surface area (Å²) in [6.07, 6.45) is 3.62. The van der Waals surface area contributed by atoms with Crippen LogP contribution in [0.15, 0.2) is 41.1 Å². The van der Waals surface area contributed by atoms with Crippen molar-refractivity contribution in [3.05, 3.63) is 69.2 Å². The van der Waals surface area contributed by atoms with E-state index in [4.69, 9.17) is 0 Å². The van der Waals surface area contributed by atoms with Crippen molar-refractivity contribution >= 4 is 17.3 Å². The first kappa shape index (κ1) is 19.0. The maximum absolute atomic E-state index is 12.3. The van der Waals surface area contributed by atoms with Crippen molar-refractivity contribution in [3.63, 3.8) is 0 Å². The minimum absolute atomic E-state index is 0.408. The van der Waals surface area contributed by atoms with E-state index in [0.717, 1.165) is 27.9 Å². The third-order valence-corrected chi connectivity index (χ3v) is 6.45. The molecule has 0 saturated heterocycles. The first-order chi connectivity index (χ1) is 13.5. The molecule has 4 rings (SSSR count). The molecular weight excluding hydrogens is 368 g/mol. The molecule has 1 aliphatic rings. The smallest absolute Gasteiger partial charge is 0.352 e. The number of benzene rings is 1. The highest BCUT2D eigenvalue weighted by Gasteiger charge is 2.27. The second-order valence-corrected chi connectivity index (χ2v) is 8.47. The summed E-state index contributed by atoms with van der Waals surface area (Å²) < 4.78 is 1.97. The summed E-state index contributed by atoms with van der Waals surface area (Å²) in [6, 6.07) is 10.9. The molecule has 1 aliphatic carbocycles. The predicted molar refractivity (Wildman–Crippen MR) is 114 cm³/mol. The zero-order chi connectivity index (χ0) is 19.7. The summed E-state index contributed by atoms with van der Waals surface area (Å²) in [6.45, 7) is 5.26. The van der Waals surface area contributed by atoms with Crippen LogP contribution in [-0.4, -0.2) is 21.7 Å². The first-order valence-electron chi connectivity index (χ1n) is 9.81. The number of hydrogen-bond acceptors (Lipinski definition) is 3. The Bertz CT molecular complexity index is 967. The minimum atomic E-state index is -0.859. The molecule has 28 heavy (non-hydrogen) atoms. The van der Waals surface area contributed by atoms with Crippen LogP contribution in [0.25, 0.3) is 11.1 Å². The number of nitrogens with one attached hydrogen (secondary N) is 1.